The van der Waals surface area contributed by atoms with Crippen molar-refractivity contribution in [3.8, 4) is 10.4 Å². The number of likely N-dealkylation sites (tertiary alicyclic amines) is 1. The Balaban J connectivity index is 1.88. The Kier molecular flexibility index (Phi) is 4.04. The number of nitrogens with zero attached hydrogens (tertiary/aromatic N) is 2. The Bertz CT molecular complexity index is 875. The Morgan fingerprint density at radius 3 is 2.88 bits per heavy atom. The highest BCUT2D eigenvalue weighted by Gasteiger charge is 2.32. The minimum absolute atomic E-state index is 0.0158. The molecule has 0 radical (unpaired) electrons. The lowest BCUT2D eigenvalue weighted by Crippen LogP contribution is -2.37. The minimum Gasteiger partial charge on any atom is -0.394 e. The van der Waals surface area contributed by atoms with E-state index in [0.717, 1.165) is 33.5 Å². The van der Waals surface area contributed by atoms with E-state index in [-0.39, 0.29) is 18.6 Å². The Morgan fingerprint density at radius 2 is 2.08 bits per heavy atom. The lowest BCUT2D eigenvalue weighted by atomic mass is 10.1. The first-order valence-corrected chi connectivity index (χ1v) is 8.96. The lowest BCUT2D eigenvalue weighted by molar-refractivity contribution is 0.0680. The second-order valence-electron chi connectivity index (χ2n) is 6.00. The third-order valence-corrected chi connectivity index (χ3v) is 5.74. The minimum atomic E-state index is -0.0835. The number of fused-ring (bicyclic) bond motifs is 1. The van der Waals surface area contributed by atoms with Crippen LogP contribution in [-0.4, -0.2) is 40.1 Å². The molecule has 0 aliphatic carbocycles. The van der Waals surface area contributed by atoms with Crippen LogP contribution < -0.4 is 0 Å². The predicted molar refractivity (Wildman–Crippen MR) is 96.2 cm³/mol. The summed E-state index contributed by atoms with van der Waals surface area (Å²) in [7, 11) is 0. The van der Waals surface area contributed by atoms with Crippen molar-refractivity contribution in [2.24, 2.45) is 0 Å². The van der Waals surface area contributed by atoms with E-state index in [1.54, 1.807) is 17.5 Å². The van der Waals surface area contributed by atoms with E-state index in [1.807, 2.05) is 47.4 Å². The van der Waals surface area contributed by atoms with Crippen LogP contribution in [0.25, 0.3) is 20.7 Å². The molecule has 1 aliphatic heterocycles. The van der Waals surface area contributed by atoms with Crippen molar-refractivity contribution in [1.29, 1.82) is 0 Å². The average Bonchev–Trinajstić information content (AvgIpc) is 3.26. The van der Waals surface area contributed by atoms with E-state index in [9.17, 15) is 9.90 Å². The quantitative estimate of drug-likeness (QED) is 0.794. The number of amides is 1. The van der Waals surface area contributed by atoms with Gasteiger partial charge in [-0.15, -0.1) is 11.3 Å². The highest BCUT2D eigenvalue weighted by molar-refractivity contribution is 7.22. The smallest absolute Gasteiger partial charge is 0.257 e. The van der Waals surface area contributed by atoms with Crippen LogP contribution in [0, 0.1) is 0 Å². The zero-order valence-corrected chi connectivity index (χ0v) is 14.0. The third kappa shape index (κ3) is 2.50. The van der Waals surface area contributed by atoms with Gasteiger partial charge >= 0.3 is 0 Å². The number of aliphatic hydroxyl groups excluding tert-OH is 1. The summed E-state index contributed by atoms with van der Waals surface area (Å²) in [5, 5.41) is 9.58. The first-order valence-electron chi connectivity index (χ1n) is 8.14. The van der Waals surface area contributed by atoms with Crippen LogP contribution in [0.2, 0.25) is 0 Å². The molecule has 0 unspecified atom stereocenters. The molecule has 4 rings (SSSR count). The van der Waals surface area contributed by atoms with Gasteiger partial charge in [-0.05, 0) is 30.5 Å². The number of hydrogen-bond acceptors (Lipinski definition) is 4. The number of carbonyl (C=O) groups excluding carboxylic acids is 1. The predicted octanol–water partition coefficient (Wildman–Crippen LogP) is 3.56. The molecule has 3 heterocycles. The number of carbonyl (C=O) groups is 1. The molecule has 1 aliphatic rings. The molecule has 1 aromatic carbocycles. The summed E-state index contributed by atoms with van der Waals surface area (Å²) < 4.78 is 1.01. The molecule has 122 valence electrons. The maximum atomic E-state index is 13.3. The average molecular weight is 338 g/mol. The van der Waals surface area contributed by atoms with Gasteiger partial charge in [0.25, 0.3) is 5.91 Å². The largest absolute Gasteiger partial charge is 0.394 e. The summed E-state index contributed by atoms with van der Waals surface area (Å²) in [6.07, 6.45) is 3.53. The number of aliphatic hydroxyl groups is 1. The summed E-state index contributed by atoms with van der Waals surface area (Å²) in [4.78, 5) is 20.5. The van der Waals surface area contributed by atoms with Gasteiger partial charge in [0.15, 0.2) is 0 Å². The molecule has 1 saturated heterocycles. The second kappa shape index (κ2) is 6.34. The number of hydrogen-bond donors (Lipinski definition) is 1. The SMILES string of the molecule is O=C(c1c(-c2ccccc2)sc2cccnc12)N1CCC[C@@H]1CO. The van der Waals surface area contributed by atoms with Crippen molar-refractivity contribution in [1.82, 2.24) is 9.88 Å². The Labute approximate surface area is 144 Å². The molecular formula is C19H18N2O2S. The zero-order chi connectivity index (χ0) is 16.5. The van der Waals surface area contributed by atoms with Gasteiger partial charge in [-0.2, -0.15) is 0 Å². The fourth-order valence-electron chi connectivity index (χ4n) is 3.36. The molecular weight excluding hydrogens is 320 g/mol. The van der Waals surface area contributed by atoms with Crippen molar-refractivity contribution in [3.63, 3.8) is 0 Å². The molecule has 2 aromatic heterocycles. The third-order valence-electron chi connectivity index (χ3n) is 4.55. The molecule has 1 fully saturated rings. The maximum absolute atomic E-state index is 13.3. The van der Waals surface area contributed by atoms with Crippen molar-refractivity contribution in [2.45, 2.75) is 18.9 Å². The van der Waals surface area contributed by atoms with Gasteiger partial charge < -0.3 is 10.0 Å². The first kappa shape index (κ1) is 15.3. The summed E-state index contributed by atoms with van der Waals surface area (Å²) in [6, 6.07) is 13.8. The van der Waals surface area contributed by atoms with Crippen molar-refractivity contribution >= 4 is 27.5 Å². The van der Waals surface area contributed by atoms with Gasteiger partial charge in [0.2, 0.25) is 0 Å². The van der Waals surface area contributed by atoms with E-state index >= 15 is 0 Å². The number of benzene rings is 1. The van der Waals surface area contributed by atoms with Crippen LogP contribution in [0.3, 0.4) is 0 Å². The van der Waals surface area contributed by atoms with E-state index in [0.29, 0.717) is 12.1 Å². The van der Waals surface area contributed by atoms with Crippen LogP contribution >= 0.6 is 11.3 Å². The zero-order valence-electron chi connectivity index (χ0n) is 13.2. The van der Waals surface area contributed by atoms with Crippen molar-refractivity contribution in [3.05, 3.63) is 54.2 Å². The van der Waals surface area contributed by atoms with Crippen LogP contribution in [0.5, 0.6) is 0 Å². The van der Waals surface area contributed by atoms with Gasteiger partial charge in [-0.25, -0.2) is 0 Å². The summed E-state index contributed by atoms with van der Waals surface area (Å²) in [6.45, 7) is 0.713. The van der Waals surface area contributed by atoms with Crippen LogP contribution in [0.15, 0.2) is 48.7 Å². The van der Waals surface area contributed by atoms with Gasteiger partial charge in [0.05, 0.1) is 28.4 Å². The summed E-state index contributed by atoms with van der Waals surface area (Å²) in [5.74, 6) is -0.0182. The molecule has 4 nitrogen and oxygen atoms in total. The molecule has 0 bridgehead atoms. The lowest BCUT2D eigenvalue weighted by Gasteiger charge is -2.23. The number of thiophene rings is 1. The van der Waals surface area contributed by atoms with Crippen LogP contribution in [0.1, 0.15) is 23.2 Å². The number of rotatable bonds is 3. The van der Waals surface area contributed by atoms with Crippen molar-refractivity contribution < 1.29 is 9.90 Å². The second-order valence-corrected chi connectivity index (χ2v) is 7.05. The molecule has 1 N–H and O–H groups in total. The van der Waals surface area contributed by atoms with Crippen LogP contribution in [0.4, 0.5) is 0 Å². The molecule has 0 saturated carbocycles. The summed E-state index contributed by atoms with van der Waals surface area (Å²) in [5.41, 5.74) is 2.46. The monoisotopic (exact) mass is 338 g/mol. The fourth-order valence-corrected chi connectivity index (χ4v) is 4.51. The Hall–Kier alpha value is -2.24. The standard InChI is InChI=1S/C19H18N2O2S/c22-12-14-8-5-11-21(14)19(23)16-17-15(9-4-10-20-17)24-18(16)13-6-2-1-3-7-13/h1-4,6-7,9-10,14,22H,5,8,11-12H2/t14-/m1/s1. The fraction of sp³-hybridized carbons (Fsp3) is 0.263. The molecule has 3 aromatic rings. The molecule has 5 heteroatoms. The normalized spacial score (nSPS) is 17.5. The Morgan fingerprint density at radius 1 is 1.25 bits per heavy atom. The molecule has 0 spiro atoms. The number of aromatic nitrogens is 1. The van der Waals surface area contributed by atoms with E-state index in [1.165, 1.54) is 0 Å². The van der Waals surface area contributed by atoms with E-state index in [4.69, 9.17) is 0 Å². The highest BCUT2D eigenvalue weighted by Crippen LogP contribution is 2.39. The van der Waals surface area contributed by atoms with Gasteiger partial charge in [0, 0.05) is 17.6 Å². The summed E-state index contributed by atoms with van der Waals surface area (Å²) >= 11 is 1.60. The molecule has 1 amide bonds. The topological polar surface area (TPSA) is 53.4 Å². The molecule has 1 atom stereocenters. The van der Waals surface area contributed by atoms with Gasteiger partial charge in [0.1, 0.15) is 0 Å². The van der Waals surface area contributed by atoms with Gasteiger partial charge in [-0.3, -0.25) is 9.78 Å². The van der Waals surface area contributed by atoms with E-state index < -0.39 is 0 Å². The van der Waals surface area contributed by atoms with Crippen LogP contribution in [-0.2, 0) is 0 Å². The van der Waals surface area contributed by atoms with Crippen molar-refractivity contribution in [2.75, 3.05) is 13.2 Å². The highest BCUT2D eigenvalue weighted by atomic mass is 32.1. The first-order chi connectivity index (χ1) is 11.8. The van der Waals surface area contributed by atoms with Gasteiger partial charge in [-0.1, -0.05) is 30.3 Å². The number of pyridine rings is 1. The van der Waals surface area contributed by atoms with E-state index in [2.05, 4.69) is 4.98 Å². The maximum Gasteiger partial charge on any atom is 0.257 e. The molecule has 24 heavy (non-hydrogen) atoms.